The number of aromatic nitrogens is 3. The highest BCUT2D eigenvalue weighted by atomic mass is 32.3. The number of H-pyrrole nitrogens is 1. The number of carboxylic acid groups (broad SMARTS) is 1. The molecular weight excluding hydrogens is 464 g/mol. The largest absolute Gasteiger partial charge is 0.480 e. The minimum absolute atomic E-state index is 0.0541. The molecule has 2 aromatic heterocycles. The van der Waals surface area contributed by atoms with Crippen LogP contribution in [0, 0.1) is 17.2 Å². The Morgan fingerprint density at radius 3 is 2.97 bits per heavy atom. The number of nitriles is 1. The number of pyridine rings is 1. The zero-order valence-electron chi connectivity index (χ0n) is 17.8. The molecule has 0 unspecified atom stereocenters. The summed E-state index contributed by atoms with van der Waals surface area (Å²) in [6.45, 7) is 0.344. The summed E-state index contributed by atoms with van der Waals surface area (Å²) in [5.74, 6) is -1.19. The third-order valence-electron chi connectivity index (χ3n) is 6.07. The number of nitrogens with one attached hydrogen (secondary N) is 2. The van der Waals surface area contributed by atoms with Crippen LogP contribution in [0.2, 0.25) is 0 Å². The number of ether oxygens (including phenoxy) is 1. The average molecular weight is 487 g/mol. The number of carboxylic acids is 1. The molecule has 34 heavy (non-hydrogen) atoms. The van der Waals surface area contributed by atoms with Crippen molar-refractivity contribution >= 4 is 39.2 Å². The van der Waals surface area contributed by atoms with Crippen molar-refractivity contribution in [3.05, 3.63) is 46.4 Å². The van der Waals surface area contributed by atoms with Gasteiger partial charge in [0.25, 0.3) is 5.56 Å². The van der Waals surface area contributed by atoms with E-state index in [0.29, 0.717) is 41.8 Å². The second-order valence-electron chi connectivity index (χ2n) is 8.18. The first-order chi connectivity index (χ1) is 16.3. The predicted molar refractivity (Wildman–Crippen MR) is 123 cm³/mol. The van der Waals surface area contributed by atoms with Crippen molar-refractivity contribution in [1.29, 1.82) is 5.26 Å². The van der Waals surface area contributed by atoms with Crippen molar-refractivity contribution in [2.24, 2.45) is 5.92 Å². The monoisotopic (exact) mass is 486 g/mol. The quantitative estimate of drug-likeness (QED) is 0.360. The van der Waals surface area contributed by atoms with Gasteiger partial charge in [-0.15, -0.1) is 10.8 Å². The molecule has 2 aliphatic rings. The van der Waals surface area contributed by atoms with E-state index in [1.54, 1.807) is 22.9 Å². The Labute approximate surface area is 194 Å². The summed E-state index contributed by atoms with van der Waals surface area (Å²) in [6, 6.07) is 8.49. The van der Waals surface area contributed by atoms with E-state index in [1.165, 1.54) is 12.3 Å². The summed E-state index contributed by atoms with van der Waals surface area (Å²) in [7, 11) is -3.39. The maximum absolute atomic E-state index is 12.7. The molecule has 5 rings (SSSR count). The maximum atomic E-state index is 12.7. The van der Waals surface area contributed by atoms with Crippen LogP contribution < -0.4 is 10.9 Å². The van der Waals surface area contributed by atoms with Gasteiger partial charge in [-0.05, 0) is 36.2 Å². The van der Waals surface area contributed by atoms with E-state index in [0.717, 1.165) is 4.31 Å². The Kier molecular flexibility index (Phi) is 5.54. The first kappa shape index (κ1) is 22.4. The highest BCUT2D eigenvalue weighted by Crippen LogP contribution is 2.58. The van der Waals surface area contributed by atoms with Gasteiger partial charge < -0.3 is 20.1 Å². The zero-order valence-corrected chi connectivity index (χ0v) is 18.7. The molecule has 0 spiro atoms. The fourth-order valence-corrected chi connectivity index (χ4v) is 6.07. The molecule has 12 nitrogen and oxygen atoms in total. The van der Waals surface area contributed by atoms with Gasteiger partial charge in [-0.1, -0.05) is 0 Å². The van der Waals surface area contributed by atoms with Crippen LogP contribution in [0.1, 0.15) is 18.0 Å². The SMILES string of the molecule is N#C[C@H]1CCOC[C@@H]1n1nc(Nc2ccc3c(c2)CN(CC(=O)O)S3(O)O)c2c(=O)[nH]ccc21. The summed E-state index contributed by atoms with van der Waals surface area (Å²) in [5.41, 5.74) is 1.32. The Morgan fingerprint density at radius 1 is 1.38 bits per heavy atom. The van der Waals surface area contributed by atoms with Crippen molar-refractivity contribution in [3.63, 3.8) is 0 Å². The number of aliphatic carboxylic acids is 1. The topological polar surface area (TPSA) is 177 Å². The fourth-order valence-electron chi connectivity index (χ4n) is 4.45. The summed E-state index contributed by atoms with van der Waals surface area (Å²) < 4.78 is 29.3. The Bertz CT molecular complexity index is 1380. The van der Waals surface area contributed by atoms with E-state index >= 15 is 0 Å². The van der Waals surface area contributed by atoms with Crippen LogP contribution in [0.5, 0.6) is 0 Å². The third-order valence-corrected chi connectivity index (χ3v) is 8.04. The molecule has 13 heteroatoms. The van der Waals surface area contributed by atoms with Crippen LogP contribution in [-0.4, -0.2) is 59.0 Å². The van der Waals surface area contributed by atoms with Gasteiger partial charge in [0.15, 0.2) is 5.82 Å². The Morgan fingerprint density at radius 2 is 2.21 bits per heavy atom. The average Bonchev–Trinajstić information content (AvgIpc) is 3.28. The van der Waals surface area contributed by atoms with Crippen LogP contribution in [0.3, 0.4) is 0 Å². The van der Waals surface area contributed by atoms with E-state index in [4.69, 9.17) is 9.84 Å². The van der Waals surface area contributed by atoms with E-state index in [2.05, 4.69) is 21.5 Å². The third kappa shape index (κ3) is 3.71. The molecule has 0 saturated carbocycles. The number of hydrogen-bond donors (Lipinski definition) is 5. The van der Waals surface area contributed by atoms with Gasteiger partial charge in [-0.25, -0.2) is 0 Å². The van der Waals surface area contributed by atoms with Crippen LogP contribution in [0.4, 0.5) is 11.5 Å². The molecule has 178 valence electrons. The predicted octanol–water partition coefficient (Wildman–Crippen LogP) is 2.49. The van der Waals surface area contributed by atoms with Crippen molar-refractivity contribution in [2.45, 2.75) is 23.9 Å². The molecule has 0 radical (unpaired) electrons. The van der Waals surface area contributed by atoms with Crippen molar-refractivity contribution in [1.82, 2.24) is 19.1 Å². The Balaban J connectivity index is 1.52. The second-order valence-corrected chi connectivity index (χ2v) is 10.2. The normalized spacial score (nSPS) is 22.7. The van der Waals surface area contributed by atoms with Crippen LogP contribution >= 0.6 is 10.8 Å². The molecular formula is C21H22N6O6S. The summed E-state index contributed by atoms with van der Waals surface area (Å²) in [5, 5.41) is 26.7. The highest BCUT2D eigenvalue weighted by molar-refractivity contribution is 8.22. The molecule has 0 amide bonds. The fraction of sp³-hybridized carbons (Fsp3) is 0.333. The molecule has 4 heterocycles. The second kappa shape index (κ2) is 8.42. The van der Waals surface area contributed by atoms with E-state index in [1.807, 2.05) is 0 Å². The van der Waals surface area contributed by atoms with Gasteiger partial charge in [0, 0.05) is 25.0 Å². The minimum Gasteiger partial charge on any atom is -0.480 e. The van der Waals surface area contributed by atoms with Crippen molar-refractivity contribution in [2.75, 3.05) is 25.1 Å². The van der Waals surface area contributed by atoms with Gasteiger partial charge >= 0.3 is 5.97 Å². The molecule has 2 atom stereocenters. The zero-order chi connectivity index (χ0) is 24.0. The van der Waals surface area contributed by atoms with Crippen LogP contribution in [-0.2, 0) is 16.1 Å². The van der Waals surface area contributed by atoms with Gasteiger partial charge in [0.05, 0.1) is 35.0 Å². The first-order valence-electron chi connectivity index (χ1n) is 10.5. The number of anilines is 2. The number of carbonyl (C=O) groups is 1. The van der Waals surface area contributed by atoms with E-state index < -0.39 is 23.3 Å². The Hall–Kier alpha value is -3.41. The molecule has 0 aliphatic carbocycles. The number of hydrogen-bond acceptors (Lipinski definition) is 9. The van der Waals surface area contributed by atoms with Crippen LogP contribution in [0.25, 0.3) is 10.9 Å². The summed E-state index contributed by atoms with van der Waals surface area (Å²) in [6.07, 6.45) is 2.09. The number of aromatic amines is 1. The number of fused-ring (bicyclic) bond motifs is 2. The van der Waals surface area contributed by atoms with Crippen molar-refractivity contribution in [3.8, 4) is 6.07 Å². The molecule has 0 bridgehead atoms. The van der Waals surface area contributed by atoms with Gasteiger partial charge in [0.1, 0.15) is 11.9 Å². The lowest BCUT2D eigenvalue weighted by Gasteiger charge is -2.36. The highest BCUT2D eigenvalue weighted by Gasteiger charge is 2.36. The van der Waals surface area contributed by atoms with Crippen LogP contribution in [0.15, 0.2) is 40.2 Å². The lowest BCUT2D eigenvalue weighted by molar-refractivity contribution is -0.137. The number of nitrogens with zero attached hydrogens (tertiary/aromatic N) is 4. The molecule has 2 aliphatic heterocycles. The molecule has 3 aromatic rings. The molecule has 5 N–H and O–H groups in total. The standard InChI is InChI=1S/C21H22N6O6S/c22-8-12-4-6-33-11-16(12)27-15-3-5-23-21(30)19(15)20(25-27)24-14-1-2-17-13(7-14)9-26(10-18(28)29)34(17,31)32/h1-3,5,7,12,16,31-32H,4,6,9-11H2,(H,23,30)(H,24,25)(H,28,29)/t12-,16+/m1/s1. The molecule has 1 fully saturated rings. The smallest absolute Gasteiger partial charge is 0.319 e. The lowest BCUT2D eigenvalue weighted by atomic mass is 9.96. The number of rotatable bonds is 5. The van der Waals surface area contributed by atoms with Crippen molar-refractivity contribution < 1.29 is 23.7 Å². The molecule has 1 aromatic carbocycles. The van der Waals surface area contributed by atoms with Gasteiger partial charge in [-0.3, -0.25) is 23.4 Å². The van der Waals surface area contributed by atoms with Gasteiger partial charge in [0.2, 0.25) is 0 Å². The minimum atomic E-state index is -3.39. The van der Waals surface area contributed by atoms with E-state index in [9.17, 15) is 24.0 Å². The number of benzene rings is 1. The summed E-state index contributed by atoms with van der Waals surface area (Å²) in [4.78, 5) is 26.7. The van der Waals surface area contributed by atoms with E-state index in [-0.39, 0.29) is 34.8 Å². The van der Waals surface area contributed by atoms with Gasteiger partial charge in [-0.2, -0.15) is 14.7 Å². The maximum Gasteiger partial charge on any atom is 0.319 e. The summed E-state index contributed by atoms with van der Waals surface area (Å²) >= 11 is 0. The lowest BCUT2D eigenvalue weighted by Crippen LogP contribution is -2.30. The first-order valence-corrected chi connectivity index (χ1v) is 12.0. The molecule has 1 saturated heterocycles.